The van der Waals surface area contributed by atoms with Crippen LogP contribution in [0.3, 0.4) is 0 Å². The summed E-state index contributed by atoms with van der Waals surface area (Å²) >= 11 is 12.9. The summed E-state index contributed by atoms with van der Waals surface area (Å²) in [5.74, 6) is 0.262. The lowest BCUT2D eigenvalue weighted by molar-refractivity contribution is -0.125. The first kappa shape index (κ1) is 31.3. The Labute approximate surface area is 271 Å². The number of aryl methyl sites for hydroxylation is 1. The number of carbonyl (C=O) groups is 1. The molecule has 6 rings (SSSR count). The highest BCUT2D eigenvalue weighted by Crippen LogP contribution is 2.33. The molecule has 4 aromatic rings. The van der Waals surface area contributed by atoms with E-state index >= 15 is 0 Å². The van der Waals surface area contributed by atoms with Crippen LogP contribution in [0.4, 0.5) is 0 Å². The van der Waals surface area contributed by atoms with Crippen molar-refractivity contribution in [3.05, 3.63) is 94.1 Å². The molecular formula is C37H44Cl2N4O. The molecule has 0 amide bonds. The van der Waals surface area contributed by atoms with Crippen LogP contribution in [0.25, 0.3) is 22.0 Å². The number of aromatic nitrogens is 1. The number of rotatable bonds is 11. The van der Waals surface area contributed by atoms with E-state index in [4.69, 9.17) is 28.9 Å². The number of halogens is 2. The van der Waals surface area contributed by atoms with Crippen LogP contribution >= 0.6 is 23.2 Å². The summed E-state index contributed by atoms with van der Waals surface area (Å²) in [7, 11) is 0. The summed E-state index contributed by atoms with van der Waals surface area (Å²) < 4.78 is 2.38. The first-order valence-corrected chi connectivity index (χ1v) is 17.0. The fraction of sp³-hybridized carbons (Fsp3) is 0.432. The Kier molecular flexibility index (Phi) is 10.1. The van der Waals surface area contributed by atoms with Gasteiger partial charge in [0.25, 0.3) is 0 Å². The van der Waals surface area contributed by atoms with E-state index in [-0.39, 0.29) is 5.78 Å². The number of Topliss-reactive ketones (excluding diaryl/α,β-unsaturated/α-hetero) is 1. The van der Waals surface area contributed by atoms with Gasteiger partial charge < -0.3 is 10.3 Å². The summed E-state index contributed by atoms with van der Waals surface area (Å²) in [6, 6.07) is 23.4. The number of hydrogen-bond donors (Lipinski definition) is 1. The number of nitrogens with zero attached hydrogens (tertiary/aromatic N) is 3. The van der Waals surface area contributed by atoms with Crippen LogP contribution in [0, 0.1) is 0 Å². The number of carbonyl (C=O) groups excluding carboxylic acids is 1. The van der Waals surface area contributed by atoms with Crippen LogP contribution in [-0.2, 0) is 24.4 Å². The normalized spacial score (nSPS) is 17.7. The number of nitrogens with two attached hydrogens (primary N) is 1. The predicted molar refractivity (Wildman–Crippen MR) is 183 cm³/mol. The van der Waals surface area contributed by atoms with Gasteiger partial charge in [0.05, 0.1) is 5.54 Å². The minimum absolute atomic E-state index is 0.262. The fourth-order valence-corrected chi connectivity index (χ4v) is 7.54. The molecule has 2 heterocycles. The molecule has 3 aromatic carbocycles. The average molecular weight is 632 g/mol. The molecule has 1 aliphatic heterocycles. The number of fused-ring (bicyclic) bond motifs is 1. The van der Waals surface area contributed by atoms with Crippen LogP contribution in [-0.4, -0.2) is 51.9 Å². The Morgan fingerprint density at radius 1 is 0.795 bits per heavy atom. The molecule has 0 spiro atoms. The quantitative estimate of drug-likeness (QED) is 0.169. The van der Waals surface area contributed by atoms with Crippen molar-refractivity contribution in [3.63, 3.8) is 0 Å². The highest BCUT2D eigenvalue weighted by atomic mass is 35.5. The molecule has 5 nitrogen and oxygen atoms in total. The molecule has 1 saturated heterocycles. The topological polar surface area (TPSA) is 54.5 Å². The van der Waals surface area contributed by atoms with Crippen molar-refractivity contribution in [1.29, 1.82) is 0 Å². The largest absolute Gasteiger partial charge is 0.347 e. The zero-order chi connectivity index (χ0) is 30.5. The molecule has 2 N–H and O–H groups in total. The molecule has 232 valence electrons. The maximum absolute atomic E-state index is 12.9. The SMILES string of the molecule is NC1(C(=O)CCCCn2cc(-c3ccccc3)c3cc(CN4CCN(Cc5c(Cl)cccc5Cl)CC4)ccc32)CCCCC1. The monoisotopic (exact) mass is 630 g/mol. The van der Waals surface area contributed by atoms with Crippen molar-refractivity contribution in [3.8, 4) is 11.1 Å². The summed E-state index contributed by atoms with van der Waals surface area (Å²) in [6.45, 7) is 6.61. The molecule has 0 radical (unpaired) electrons. The van der Waals surface area contributed by atoms with Crippen LogP contribution in [0.5, 0.6) is 0 Å². The summed E-state index contributed by atoms with van der Waals surface area (Å²) in [5.41, 5.74) is 12.0. The maximum Gasteiger partial charge on any atom is 0.152 e. The van der Waals surface area contributed by atoms with Gasteiger partial charge in [0, 0.05) is 90.5 Å². The van der Waals surface area contributed by atoms with Crippen LogP contribution in [0.15, 0.2) is 72.9 Å². The van der Waals surface area contributed by atoms with Gasteiger partial charge in [-0.3, -0.25) is 14.6 Å². The number of piperazine rings is 1. The van der Waals surface area contributed by atoms with Gasteiger partial charge >= 0.3 is 0 Å². The maximum atomic E-state index is 12.9. The van der Waals surface area contributed by atoms with E-state index in [1.54, 1.807) is 0 Å². The van der Waals surface area contributed by atoms with Gasteiger partial charge in [-0.25, -0.2) is 0 Å². The number of ketones is 1. The predicted octanol–water partition coefficient (Wildman–Crippen LogP) is 8.33. The Balaban J connectivity index is 1.11. The lowest BCUT2D eigenvalue weighted by Crippen LogP contribution is -2.49. The minimum Gasteiger partial charge on any atom is -0.347 e. The molecule has 44 heavy (non-hydrogen) atoms. The van der Waals surface area contributed by atoms with E-state index in [1.165, 1.54) is 34.0 Å². The number of unbranched alkanes of at least 4 members (excludes halogenated alkanes) is 1. The van der Waals surface area contributed by atoms with Crippen molar-refractivity contribution in [2.24, 2.45) is 5.73 Å². The van der Waals surface area contributed by atoms with E-state index in [2.05, 4.69) is 69.1 Å². The second kappa shape index (κ2) is 14.2. The lowest BCUT2D eigenvalue weighted by Gasteiger charge is -2.35. The van der Waals surface area contributed by atoms with Crippen LogP contribution in [0.2, 0.25) is 10.0 Å². The van der Waals surface area contributed by atoms with E-state index in [1.807, 2.05) is 18.2 Å². The molecule has 1 aromatic heterocycles. The number of benzene rings is 3. The van der Waals surface area contributed by atoms with Crippen molar-refractivity contribution in [2.75, 3.05) is 26.2 Å². The van der Waals surface area contributed by atoms with Gasteiger partial charge in [-0.15, -0.1) is 0 Å². The Morgan fingerprint density at radius 3 is 2.18 bits per heavy atom. The molecule has 2 fully saturated rings. The highest BCUT2D eigenvalue weighted by molar-refractivity contribution is 6.35. The zero-order valence-electron chi connectivity index (χ0n) is 25.6. The van der Waals surface area contributed by atoms with Gasteiger partial charge in [-0.2, -0.15) is 0 Å². The Hall–Kier alpha value is -2.67. The standard InChI is InChI=1S/C37H44Cl2N4O/c38-33-12-9-13-34(39)32(33)26-42-22-20-41(21-23-42)25-28-15-16-35-30(24-28)31(29-10-3-1-4-11-29)27-43(35)19-8-5-14-36(44)37(40)17-6-2-7-18-37/h1,3-4,9-13,15-16,24,27H,2,5-8,14,17-23,25-26,40H2. The third-order valence-electron chi connectivity index (χ3n) is 9.70. The molecular weight excluding hydrogens is 587 g/mol. The average Bonchev–Trinajstić information content (AvgIpc) is 3.40. The van der Waals surface area contributed by atoms with Crippen molar-refractivity contribution in [2.45, 2.75) is 76.5 Å². The van der Waals surface area contributed by atoms with Crippen LogP contribution in [0.1, 0.15) is 62.5 Å². The molecule has 0 atom stereocenters. The third kappa shape index (κ3) is 7.24. The van der Waals surface area contributed by atoms with E-state index in [0.717, 1.165) is 99.9 Å². The molecule has 0 unspecified atom stereocenters. The zero-order valence-corrected chi connectivity index (χ0v) is 27.1. The van der Waals surface area contributed by atoms with E-state index < -0.39 is 5.54 Å². The van der Waals surface area contributed by atoms with Gasteiger partial charge in [0.1, 0.15) is 0 Å². The smallest absolute Gasteiger partial charge is 0.152 e. The summed E-state index contributed by atoms with van der Waals surface area (Å²) in [4.78, 5) is 17.9. The van der Waals surface area contributed by atoms with E-state index in [9.17, 15) is 4.79 Å². The molecule has 0 bridgehead atoms. The Bertz CT molecular complexity index is 1550. The van der Waals surface area contributed by atoms with Crippen molar-refractivity contribution < 1.29 is 4.79 Å². The van der Waals surface area contributed by atoms with E-state index in [0.29, 0.717) is 6.42 Å². The fourth-order valence-electron chi connectivity index (χ4n) is 7.02. The van der Waals surface area contributed by atoms with Gasteiger partial charge in [-0.1, -0.05) is 84.9 Å². The van der Waals surface area contributed by atoms with Crippen LogP contribution < -0.4 is 5.73 Å². The molecule has 1 saturated carbocycles. The third-order valence-corrected chi connectivity index (χ3v) is 10.4. The number of hydrogen-bond acceptors (Lipinski definition) is 4. The lowest BCUT2D eigenvalue weighted by atomic mass is 9.78. The van der Waals surface area contributed by atoms with Gasteiger partial charge in [-0.05, 0) is 61.1 Å². The minimum atomic E-state index is -0.578. The van der Waals surface area contributed by atoms with Crippen molar-refractivity contribution >= 4 is 39.9 Å². The second-order valence-corrected chi connectivity index (χ2v) is 13.6. The van der Waals surface area contributed by atoms with Gasteiger partial charge in [0.15, 0.2) is 5.78 Å². The first-order chi connectivity index (χ1) is 21.4. The summed E-state index contributed by atoms with van der Waals surface area (Å²) in [5, 5.41) is 2.78. The Morgan fingerprint density at radius 2 is 1.48 bits per heavy atom. The van der Waals surface area contributed by atoms with Gasteiger partial charge in [0.2, 0.25) is 0 Å². The summed E-state index contributed by atoms with van der Waals surface area (Å²) in [6.07, 6.45) is 9.80. The molecule has 1 aliphatic carbocycles. The molecule has 2 aliphatic rings. The van der Waals surface area contributed by atoms with Crippen molar-refractivity contribution in [1.82, 2.24) is 14.4 Å². The molecule has 7 heteroatoms. The first-order valence-electron chi connectivity index (χ1n) is 16.3. The second-order valence-electron chi connectivity index (χ2n) is 12.8. The highest BCUT2D eigenvalue weighted by Gasteiger charge is 2.34.